The lowest BCUT2D eigenvalue weighted by atomic mass is 10.1. The molecule has 0 saturated carbocycles. The molecule has 0 fully saturated rings. The zero-order chi connectivity index (χ0) is 10.5. The molecule has 0 bridgehead atoms. The summed E-state index contributed by atoms with van der Waals surface area (Å²) < 4.78 is 4.96. The highest BCUT2D eigenvalue weighted by Crippen LogP contribution is 2.14. The third kappa shape index (κ3) is 2.62. The summed E-state index contributed by atoms with van der Waals surface area (Å²) in [5, 5.41) is 0. The minimum absolute atomic E-state index is 0.244. The molecule has 1 aromatic rings. The maximum atomic E-state index is 11.5. The van der Waals surface area contributed by atoms with E-state index in [1.54, 1.807) is 12.1 Å². The lowest BCUT2D eigenvalue weighted by Gasteiger charge is -2.14. The molecule has 1 amide bonds. The van der Waals surface area contributed by atoms with Crippen LogP contribution < -0.4 is 10.9 Å². The molecule has 1 heterocycles. The van der Waals surface area contributed by atoms with Crippen LogP contribution >= 0.6 is 0 Å². The Labute approximate surface area is 88.3 Å². The van der Waals surface area contributed by atoms with Crippen LogP contribution in [-0.2, 0) is 0 Å². The first-order chi connectivity index (χ1) is 7.36. The van der Waals surface area contributed by atoms with Crippen LogP contribution in [0.3, 0.4) is 0 Å². The zero-order valence-electron chi connectivity index (χ0n) is 8.45. The van der Waals surface area contributed by atoms with Gasteiger partial charge in [-0.25, -0.2) is 0 Å². The van der Waals surface area contributed by atoms with E-state index in [-0.39, 0.29) is 5.91 Å². The summed E-state index contributed by atoms with van der Waals surface area (Å²) in [4.78, 5) is 11.5. The van der Waals surface area contributed by atoms with Crippen LogP contribution in [-0.4, -0.2) is 5.91 Å². The van der Waals surface area contributed by atoms with Gasteiger partial charge in [-0.05, 0) is 37.8 Å². The molecule has 2 rings (SSSR count). The normalized spacial score (nSPS) is 15.6. The van der Waals surface area contributed by atoms with Crippen LogP contribution in [0.25, 0.3) is 0 Å². The average Bonchev–Trinajstić information content (AvgIpc) is 2.81. The second-order valence-corrected chi connectivity index (χ2v) is 3.53. The van der Waals surface area contributed by atoms with E-state index >= 15 is 0 Å². The highest BCUT2D eigenvalue weighted by Gasteiger charge is 2.08. The highest BCUT2D eigenvalue weighted by molar-refractivity contribution is 5.91. The molecule has 4 heteroatoms. The van der Waals surface area contributed by atoms with Crippen molar-refractivity contribution in [1.29, 1.82) is 0 Å². The van der Waals surface area contributed by atoms with Crippen LogP contribution in [0.15, 0.2) is 34.6 Å². The lowest BCUT2D eigenvalue weighted by Crippen LogP contribution is -2.36. The molecule has 1 aromatic heterocycles. The van der Waals surface area contributed by atoms with Crippen molar-refractivity contribution in [3.63, 3.8) is 0 Å². The van der Waals surface area contributed by atoms with Crippen molar-refractivity contribution >= 4 is 5.91 Å². The van der Waals surface area contributed by atoms with Crippen LogP contribution in [0.1, 0.15) is 36.2 Å². The van der Waals surface area contributed by atoms with Crippen LogP contribution in [0.5, 0.6) is 0 Å². The van der Waals surface area contributed by atoms with Crippen molar-refractivity contribution in [2.75, 3.05) is 0 Å². The van der Waals surface area contributed by atoms with Gasteiger partial charge in [0.15, 0.2) is 5.76 Å². The number of carbonyl (C=O) groups is 1. The molecule has 4 nitrogen and oxygen atoms in total. The molecule has 2 N–H and O–H groups in total. The van der Waals surface area contributed by atoms with Gasteiger partial charge in [0.2, 0.25) is 0 Å². The Morgan fingerprint density at radius 3 is 3.00 bits per heavy atom. The van der Waals surface area contributed by atoms with Gasteiger partial charge in [0.25, 0.3) is 0 Å². The van der Waals surface area contributed by atoms with Gasteiger partial charge in [-0.15, -0.1) is 0 Å². The molecule has 0 radical (unpaired) electrons. The average molecular weight is 206 g/mol. The summed E-state index contributed by atoms with van der Waals surface area (Å²) in [5.41, 5.74) is 6.60. The van der Waals surface area contributed by atoms with Gasteiger partial charge in [-0.1, -0.05) is 6.08 Å². The molecule has 80 valence electrons. The molecular formula is C11H14N2O2. The minimum Gasteiger partial charge on any atom is -0.459 e. The van der Waals surface area contributed by atoms with Crippen molar-refractivity contribution in [2.24, 2.45) is 0 Å². The molecular weight excluding hydrogens is 192 g/mol. The number of nitrogens with one attached hydrogen (secondary N) is 2. The van der Waals surface area contributed by atoms with Crippen LogP contribution in [0.2, 0.25) is 0 Å². The predicted octanol–water partition coefficient (Wildman–Crippen LogP) is 1.97. The Hall–Kier alpha value is -1.71. The summed E-state index contributed by atoms with van der Waals surface area (Å²) in [6.45, 7) is 0. The molecule has 0 spiro atoms. The van der Waals surface area contributed by atoms with E-state index in [0.29, 0.717) is 5.76 Å². The van der Waals surface area contributed by atoms with E-state index in [1.165, 1.54) is 19.1 Å². The third-order valence-corrected chi connectivity index (χ3v) is 2.37. The second-order valence-electron chi connectivity index (χ2n) is 3.53. The standard InChI is InChI=1S/C11H14N2O2/c14-11(10-7-4-8-15-10)13-12-9-5-2-1-3-6-9/h4-5,7-8,12H,1-3,6H2,(H,13,14). The maximum absolute atomic E-state index is 11.5. The Balaban J connectivity index is 1.83. The van der Waals surface area contributed by atoms with Crippen molar-refractivity contribution < 1.29 is 9.21 Å². The van der Waals surface area contributed by atoms with E-state index in [1.807, 2.05) is 0 Å². The van der Waals surface area contributed by atoms with E-state index in [4.69, 9.17) is 4.42 Å². The van der Waals surface area contributed by atoms with E-state index < -0.39 is 0 Å². The maximum Gasteiger partial charge on any atom is 0.305 e. The fraction of sp³-hybridized carbons (Fsp3) is 0.364. The molecule has 15 heavy (non-hydrogen) atoms. The smallest absolute Gasteiger partial charge is 0.305 e. The van der Waals surface area contributed by atoms with Gasteiger partial charge >= 0.3 is 5.91 Å². The van der Waals surface area contributed by atoms with Crippen molar-refractivity contribution in [2.45, 2.75) is 25.7 Å². The Bertz CT molecular complexity index is 355. The number of allylic oxidation sites excluding steroid dienone is 2. The Morgan fingerprint density at radius 2 is 2.33 bits per heavy atom. The number of furan rings is 1. The van der Waals surface area contributed by atoms with Gasteiger partial charge in [0.05, 0.1) is 6.26 Å². The summed E-state index contributed by atoms with van der Waals surface area (Å²) in [6.07, 6.45) is 8.09. The number of amides is 1. The Morgan fingerprint density at radius 1 is 1.40 bits per heavy atom. The molecule has 0 unspecified atom stereocenters. The zero-order valence-corrected chi connectivity index (χ0v) is 8.45. The first-order valence-corrected chi connectivity index (χ1v) is 5.15. The largest absolute Gasteiger partial charge is 0.459 e. The van der Waals surface area contributed by atoms with Gasteiger partial charge in [-0.2, -0.15) is 0 Å². The molecule has 1 aliphatic rings. The van der Waals surface area contributed by atoms with Gasteiger partial charge in [-0.3, -0.25) is 10.2 Å². The summed E-state index contributed by atoms with van der Waals surface area (Å²) in [6, 6.07) is 3.32. The topological polar surface area (TPSA) is 54.3 Å². The summed E-state index contributed by atoms with van der Waals surface area (Å²) >= 11 is 0. The van der Waals surface area contributed by atoms with Crippen molar-refractivity contribution in [3.8, 4) is 0 Å². The summed E-state index contributed by atoms with van der Waals surface area (Å²) in [5.74, 6) is 0.0744. The molecule has 1 aliphatic carbocycles. The minimum atomic E-state index is -0.244. The quantitative estimate of drug-likeness (QED) is 0.743. The number of hydrogen-bond donors (Lipinski definition) is 2. The predicted molar refractivity (Wildman–Crippen MR) is 55.9 cm³/mol. The van der Waals surface area contributed by atoms with E-state index in [2.05, 4.69) is 16.9 Å². The van der Waals surface area contributed by atoms with Crippen molar-refractivity contribution in [1.82, 2.24) is 10.9 Å². The molecule has 0 atom stereocenters. The third-order valence-electron chi connectivity index (χ3n) is 2.37. The van der Waals surface area contributed by atoms with Gasteiger partial charge < -0.3 is 9.84 Å². The summed E-state index contributed by atoms with van der Waals surface area (Å²) in [7, 11) is 0. The number of carbonyl (C=O) groups excluding carboxylic acids is 1. The second kappa shape index (κ2) is 4.68. The number of hydrazine groups is 1. The molecule has 0 aromatic carbocycles. The fourth-order valence-corrected chi connectivity index (χ4v) is 1.56. The monoisotopic (exact) mass is 206 g/mol. The molecule has 0 aliphatic heterocycles. The fourth-order valence-electron chi connectivity index (χ4n) is 1.56. The van der Waals surface area contributed by atoms with Crippen LogP contribution in [0, 0.1) is 0 Å². The number of hydrogen-bond acceptors (Lipinski definition) is 3. The van der Waals surface area contributed by atoms with Crippen molar-refractivity contribution in [3.05, 3.63) is 35.9 Å². The molecule has 0 saturated heterocycles. The first-order valence-electron chi connectivity index (χ1n) is 5.15. The lowest BCUT2D eigenvalue weighted by molar-refractivity contribution is 0.0910. The van der Waals surface area contributed by atoms with Gasteiger partial charge in [0, 0.05) is 5.70 Å². The highest BCUT2D eigenvalue weighted by atomic mass is 16.3. The SMILES string of the molecule is O=C(NNC1=CCCCC1)c1ccco1. The van der Waals surface area contributed by atoms with Crippen LogP contribution in [0.4, 0.5) is 0 Å². The van der Waals surface area contributed by atoms with Gasteiger partial charge in [0.1, 0.15) is 0 Å². The first kappa shape index (κ1) is 9.83. The Kier molecular flexibility index (Phi) is 3.07. The number of rotatable bonds is 3. The van der Waals surface area contributed by atoms with E-state index in [9.17, 15) is 4.79 Å². The van der Waals surface area contributed by atoms with E-state index in [0.717, 1.165) is 18.5 Å².